The lowest BCUT2D eigenvalue weighted by molar-refractivity contribution is -0.115. The fourth-order valence-electron chi connectivity index (χ4n) is 2.32. The highest BCUT2D eigenvalue weighted by Gasteiger charge is 2.33. The number of hydrogen-bond acceptors (Lipinski definition) is 3. The molecule has 21 heavy (non-hydrogen) atoms. The van der Waals surface area contributed by atoms with E-state index in [1.165, 1.54) is 12.1 Å². The number of rotatable bonds is 3. The predicted molar refractivity (Wildman–Crippen MR) is 82.1 cm³/mol. The molecule has 0 N–H and O–H groups in total. The smallest absolute Gasteiger partial charge is 0.238 e. The lowest BCUT2D eigenvalue weighted by atomic mass is 10.2. The average Bonchev–Trinajstić information content (AvgIpc) is 2.90. The Hall–Kier alpha value is -2.01. The van der Waals surface area contributed by atoms with Crippen LogP contribution in [0.4, 0.5) is 10.1 Å². The monoisotopic (exact) mass is 303 g/mol. The number of hydrogen-bond donors (Lipinski definition) is 0. The molecule has 1 heterocycles. The summed E-state index contributed by atoms with van der Waals surface area (Å²) in [5.41, 5.74) is 1.74. The molecule has 2 aromatic rings. The fraction of sp³-hybridized carbons (Fsp3) is 0.188. The van der Waals surface area contributed by atoms with Crippen molar-refractivity contribution in [1.82, 2.24) is 0 Å². The first-order valence-electron chi connectivity index (χ1n) is 6.52. The molecule has 0 aromatic heterocycles. The van der Waals surface area contributed by atoms with E-state index in [2.05, 4.69) is 0 Å². The summed E-state index contributed by atoms with van der Waals surface area (Å²) < 4.78 is 18.2. The van der Waals surface area contributed by atoms with E-state index in [1.807, 2.05) is 24.3 Å². The van der Waals surface area contributed by atoms with Gasteiger partial charge in [0.1, 0.15) is 16.9 Å². The molecule has 0 radical (unpaired) electrons. The first kappa shape index (κ1) is 13.9. The van der Waals surface area contributed by atoms with Crippen LogP contribution in [0.1, 0.15) is 10.9 Å². The molecular formula is C16H14FNO2S. The van der Waals surface area contributed by atoms with Crippen LogP contribution in [0.5, 0.6) is 5.75 Å². The zero-order valence-electron chi connectivity index (χ0n) is 11.5. The van der Waals surface area contributed by atoms with Gasteiger partial charge in [-0.15, -0.1) is 11.8 Å². The summed E-state index contributed by atoms with van der Waals surface area (Å²) in [6.45, 7) is 0. The van der Waals surface area contributed by atoms with Gasteiger partial charge in [-0.2, -0.15) is 0 Å². The Morgan fingerprint density at radius 1 is 1.14 bits per heavy atom. The summed E-state index contributed by atoms with van der Waals surface area (Å²) in [7, 11) is 1.62. The first-order chi connectivity index (χ1) is 10.2. The van der Waals surface area contributed by atoms with Crippen LogP contribution in [0.3, 0.4) is 0 Å². The van der Waals surface area contributed by atoms with Crippen molar-refractivity contribution >= 4 is 23.4 Å². The molecular weight excluding hydrogens is 289 g/mol. The molecule has 1 atom stereocenters. The minimum absolute atomic E-state index is 0.0347. The van der Waals surface area contributed by atoms with Crippen molar-refractivity contribution in [2.75, 3.05) is 17.8 Å². The van der Waals surface area contributed by atoms with E-state index in [1.54, 1.807) is 35.9 Å². The summed E-state index contributed by atoms with van der Waals surface area (Å²) in [6.07, 6.45) is 0. The number of amides is 1. The molecule has 0 saturated carbocycles. The zero-order chi connectivity index (χ0) is 14.8. The van der Waals surface area contributed by atoms with Crippen molar-refractivity contribution < 1.29 is 13.9 Å². The van der Waals surface area contributed by atoms with Gasteiger partial charge >= 0.3 is 0 Å². The molecule has 3 rings (SSSR count). The number of methoxy groups -OCH3 is 1. The van der Waals surface area contributed by atoms with Gasteiger partial charge in [-0.3, -0.25) is 9.69 Å². The maximum Gasteiger partial charge on any atom is 0.238 e. The number of anilines is 1. The Labute approximate surface area is 126 Å². The van der Waals surface area contributed by atoms with Crippen LogP contribution < -0.4 is 9.64 Å². The quantitative estimate of drug-likeness (QED) is 0.867. The molecule has 108 valence electrons. The minimum atomic E-state index is -0.306. The Balaban J connectivity index is 1.93. The maximum absolute atomic E-state index is 13.1. The SMILES string of the molecule is COc1ccc([C@@H]2SCC(=O)N2c2ccc(F)cc2)cc1. The molecule has 1 saturated heterocycles. The standard InChI is InChI=1S/C16H14FNO2S/c1-20-14-8-2-11(3-9-14)16-18(15(19)10-21-16)13-6-4-12(17)5-7-13/h2-9,16H,10H2,1H3/t16-/m0/s1. The molecule has 0 spiro atoms. The second-order valence-corrected chi connectivity index (χ2v) is 5.75. The van der Waals surface area contributed by atoms with Gasteiger partial charge in [0.05, 0.1) is 12.9 Å². The molecule has 1 aliphatic heterocycles. The van der Waals surface area contributed by atoms with Crippen molar-refractivity contribution in [3.8, 4) is 5.75 Å². The van der Waals surface area contributed by atoms with Gasteiger partial charge in [0.15, 0.2) is 0 Å². The van der Waals surface area contributed by atoms with Crippen molar-refractivity contribution in [3.05, 3.63) is 59.9 Å². The molecule has 1 fully saturated rings. The summed E-state index contributed by atoms with van der Waals surface area (Å²) in [6, 6.07) is 13.7. The van der Waals surface area contributed by atoms with Crippen molar-refractivity contribution in [3.63, 3.8) is 0 Å². The minimum Gasteiger partial charge on any atom is -0.497 e. The maximum atomic E-state index is 13.1. The molecule has 3 nitrogen and oxygen atoms in total. The van der Waals surface area contributed by atoms with Gasteiger partial charge in [0.25, 0.3) is 0 Å². The van der Waals surface area contributed by atoms with Gasteiger partial charge < -0.3 is 4.74 Å². The number of nitrogens with zero attached hydrogens (tertiary/aromatic N) is 1. The number of carbonyl (C=O) groups is 1. The first-order valence-corrected chi connectivity index (χ1v) is 7.57. The third kappa shape index (κ3) is 2.74. The normalized spacial score (nSPS) is 18.1. The van der Waals surface area contributed by atoms with Gasteiger partial charge in [0.2, 0.25) is 5.91 Å². The number of ether oxygens (including phenoxy) is 1. The molecule has 0 bridgehead atoms. The Morgan fingerprint density at radius 2 is 1.81 bits per heavy atom. The Kier molecular flexibility index (Phi) is 3.84. The number of carbonyl (C=O) groups excluding carboxylic acids is 1. The van der Waals surface area contributed by atoms with E-state index < -0.39 is 0 Å². The summed E-state index contributed by atoms with van der Waals surface area (Å²) >= 11 is 1.57. The van der Waals surface area contributed by atoms with Crippen LogP contribution in [0.15, 0.2) is 48.5 Å². The molecule has 0 aliphatic carbocycles. The summed E-state index contributed by atoms with van der Waals surface area (Å²) in [4.78, 5) is 13.9. The van der Waals surface area contributed by atoms with Crippen LogP contribution >= 0.6 is 11.8 Å². The third-order valence-electron chi connectivity index (χ3n) is 3.37. The van der Waals surface area contributed by atoms with Gasteiger partial charge in [-0.25, -0.2) is 4.39 Å². The largest absolute Gasteiger partial charge is 0.497 e. The van der Waals surface area contributed by atoms with Gasteiger partial charge in [0, 0.05) is 5.69 Å². The van der Waals surface area contributed by atoms with Crippen molar-refractivity contribution in [1.29, 1.82) is 0 Å². The van der Waals surface area contributed by atoms with E-state index in [0.29, 0.717) is 11.4 Å². The Bertz CT molecular complexity index is 642. The van der Waals surface area contributed by atoms with E-state index in [-0.39, 0.29) is 17.1 Å². The van der Waals surface area contributed by atoms with Crippen LogP contribution in [0.2, 0.25) is 0 Å². The average molecular weight is 303 g/mol. The highest BCUT2D eigenvalue weighted by atomic mass is 32.2. The van der Waals surface area contributed by atoms with Crippen molar-refractivity contribution in [2.24, 2.45) is 0 Å². The van der Waals surface area contributed by atoms with Crippen LogP contribution in [-0.2, 0) is 4.79 Å². The van der Waals surface area contributed by atoms with Gasteiger partial charge in [-0.1, -0.05) is 12.1 Å². The number of benzene rings is 2. The molecule has 1 amide bonds. The lowest BCUT2D eigenvalue weighted by Gasteiger charge is -2.24. The zero-order valence-corrected chi connectivity index (χ0v) is 12.3. The van der Waals surface area contributed by atoms with Crippen LogP contribution in [0.25, 0.3) is 0 Å². The van der Waals surface area contributed by atoms with E-state index >= 15 is 0 Å². The fourth-order valence-corrected chi connectivity index (χ4v) is 3.50. The molecule has 1 aliphatic rings. The van der Waals surface area contributed by atoms with E-state index in [4.69, 9.17) is 4.74 Å². The topological polar surface area (TPSA) is 29.5 Å². The second kappa shape index (κ2) is 5.77. The molecule has 0 unspecified atom stereocenters. The van der Waals surface area contributed by atoms with Gasteiger partial charge in [-0.05, 0) is 42.0 Å². The highest BCUT2D eigenvalue weighted by Crippen LogP contribution is 2.41. The van der Waals surface area contributed by atoms with Crippen LogP contribution in [-0.4, -0.2) is 18.8 Å². The van der Waals surface area contributed by atoms with E-state index in [0.717, 1.165) is 11.3 Å². The van der Waals surface area contributed by atoms with Crippen LogP contribution in [0, 0.1) is 5.82 Å². The predicted octanol–water partition coefficient (Wildman–Crippen LogP) is 3.61. The summed E-state index contributed by atoms with van der Waals surface area (Å²) in [5, 5.41) is -0.0890. The number of halogens is 1. The molecule has 2 aromatic carbocycles. The van der Waals surface area contributed by atoms with Crippen molar-refractivity contribution in [2.45, 2.75) is 5.37 Å². The molecule has 5 heteroatoms. The lowest BCUT2D eigenvalue weighted by Crippen LogP contribution is -2.27. The highest BCUT2D eigenvalue weighted by molar-refractivity contribution is 8.00. The number of thioether (sulfide) groups is 1. The second-order valence-electron chi connectivity index (χ2n) is 4.68. The third-order valence-corrected chi connectivity index (χ3v) is 4.59. The Morgan fingerprint density at radius 3 is 2.43 bits per heavy atom. The summed E-state index contributed by atoms with van der Waals surface area (Å²) in [5.74, 6) is 0.932. The van der Waals surface area contributed by atoms with E-state index in [9.17, 15) is 9.18 Å².